The summed E-state index contributed by atoms with van der Waals surface area (Å²) < 4.78 is 38.7. The molecule has 184 valence electrons. The number of aryl methyl sites for hydroxylation is 1. The number of amides is 1. The molecule has 0 atom stereocenters. The molecule has 3 aromatic rings. The topological polar surface area (TPSA) is 97.3 Å². The standard InChI is InChI=1S/C26H29N3O5S/c1-5-34-23-13-11-21(12-14-23)20(3)27-28-26(30)18-29(22-7-6-8-24(17-22)33-4)35(31,32)25-15-9-19(2)10-16-25/h6-17H,5,18H2,1-4H3,(H,28,30)/b27-20-. The monoisotopic (exact) mass is 495 g/mol. The number of hydrogen-bond acceptors (Lipinski definition) is 6. The Morgan fingerprint density at radius 1 is 1.00 bits per heavy atom. The van der Waals surface area contributed by atoms with Crippen LogP contribution in [-0.4, -0.2) is 40.3 Å². The Morgan fingerprint density at radius 2 is 1.69 bits per heavy atom. The van der Waals surface area contributed by atoms with Gasteiger partial charge < -0.3 is 9.47 Å². The van der Waals surface area contributed by atoms with Crippen molar-refractivity contribution in [2.24, 2.45) is 5.10 Å². The fourth-order valence-corrected chi connectivity index (χ4v) is 4.67. The normalized spacial score (nSPS) is 11.6. The van der Waals surface area contributed by atoms with E-state index in [1.165, 1.54) is 19.2 Å². The van der Waals surface area contributed by atoms with Gasteiger partial charge in [-0.1, -0.05) is 23.8 Å². The van der Waals surface area contributed by atoms with Crippen molar-refractivity contribution >= 4 is 27.3 Å². The third-order valence-electron chi connectivity index (χ3n) is 5.17. The van der Waals surface area contributed by atoms with Crippen LogP contribution < -0.4 is 19.2 Å². The molecule has 0 aliphatic rings. The van der Waals surface area contributed by atoms with E-state index in [0.717, 1.165) is 21.2 Å². The lowest BCUT2D eigenvalue weighted by molar-refractivity contribution is -0.119. The van der Waals surface area contributed by atoms with Gasteiger partial charge in [0.05, 0.1) is 30.0 Å². The van der Waals surface area contributed by atoms with Crippen molar-refractivity contribution in [2.45, 2.75) is 25.7 Å². The van der Waals surface area contributed by atoms with Gasteiger partial charge in [-0.15, -0.1) is 0 Å². The third kappa shape index (κ3) is 6.60. The van der Waals surface area contributed by atoms with E-state index in [1.807, 2.05) is 38.1 Å². The number of hydrazone groups is 1. The smallest absolute Gasteiger partial charge is 0.264 e. The van der Waals surface area contributed by atoms with Crippen molar-refractivity contribution in [1.29, 1.82) is 0 Å². The number of ether oxygens (including phenoxy) is 2. The van der Waals surface area contributed by atoms with E-state index >= 15 is 0 Å². The zero-order valence-corrected chi connectivity index (χ0v) is 21.0. The van der Waals surface area contributed by atoms with Crippen molar-refractivity contribution in [2.75, 3.05) is 24.6 Å². The predicted molar refractivity (Wildman–Crippen MR) is 137 cm³/mol. The molecule has 0 aliphatic heterocycles. The number of rotatable bonds is 10. The Labute approximate surface area is 206 Å². The second-order valence-corrected chi connectivity index (χ2v) is 9.58. The summed E-state index contributed by atoms with van der Waals surface area (Å²) in [5.41, 5.74) is 5.05. The first-order valence-electron chi connectivity index (χ1n) is 11.0. The minimum absolute atomic E-state index is 0.0767. The van der Waals surface area contributed by atoms with E-state index in [0.29, 0.717) is 23.8 Å². The average Bonchev–Trinajstić information content (AvgIpc) is 2.86. The summed E-state index contributed by atoms with van der Waals surface area (Å²) in [6.07, 6.45) is 0. The molecule has 3 aromatic carbocycles. The molecular weight excluding hydrogens is 466 g/mol. The minimum Gasteiger partial charge on any atom is -0.497 e. The van der Waals surface area contributed by atoms with Gasteiger partial charge in [0.15, 0.2) is 0 Å². The molecule has 0 unspecified atom stereocenters. The number of sulfonamides is 1. The largest absolute Gasteiger partial charge is 0.497 e. The Bertz CT molecular complexity index is 1290. The van der Waals surface area contributed by atoms with Crippen LogP contribution in [0.15, 0.2) is 82.8 Å². The summed E-state index contributed by atoms with van der Waals surface area (Å²) >= 11 is 0. The van der Waals surface area contributed by atoms with Crippen molar-refractivity contribution < 1.29 is 22.7 Å². The first-order chi connectivity index (χ1) is 16.7. The van der Waals surface area contributed by atoms with Crippen LogP contribution in [0, 0.1) is 6.92 Å². The maximum Gasteiger partial charge on any atom is 0.264 e. The van der Waals surface area contributed by atoms with Crippen LogP contribution in [0.3, 0.4) is 0 Å². The van der Waals surface area contributed by atoms with Gasteiger partial charge in [0.25, 0.3) is 15.9 Å². The lowest BCUT2D eigenvalue weighted by Gasteiger charge is -2.24. The van der Waals surface area contributed by atoms with E-state index < -0.39 is 22.5 Å². The van der Waals surface area contributed by atoms with Gasteiger partial charge in [-0.3, -0.25) is 9.10 Å². The SMILES string of the molecule is CCOc1ccc(/C(C)=N\NC(=O)CN(c2cccc(OC)c2)S(=O)(=O)c2ccc(C)cc2)cc1. The molecule has 0 saturated heterocycles. The van der Waals surface area contributed by atoms with Gasteiger partial charge in [-0.2, -0.15) is 5.10 Å². The molecule has 0 bridgehead atoms. The highest BCUT2D eigenvalue weighted by Crippen LogP contribution is 2.27. The third-order valence-corrected chi connectivity index (χ3v) is 6.96. The average molecular weight is 496 g/mol. The summed E-state index contributed by atoms with van der Waals surface area (Å²) in [6, 6.07) is 20.3. The molecular formula is C26H29N3O5S. The van der Waals surface area contributed by atoms with Crippen molar-refractivity contribution in [1.82, 2.24) is 5.43 Å². The number of carbonyl (C=O) groups is 1. The molecule has 0 spiro atoms. The van der Waals surface area contributed by atoms with Crippen LogP contribution >= 0.6 is 0 Å². The maximum absolute atomic E-state index is 13.5. The van der Waals surface area contributed by atoms with Crippen LogP contribution in [-0.2, 0) is 14.8 Å². The van der Waals surface area contributed by atoms with Gasteiger partial charge in [0.1, 0.15) is 18.0 Å². The van der Waals surface area contributed by atoms with Crippen LogP contribution in [0.2, 0.25) is 0 Å². The van der Waals surface area contributed by atoms with Gasteiger partial charge in [0.2, 0.25) is 0 Å². The van der Waals surface area contributed by atoms with Crippen molar-refractivity contribution in [3.63, 3.8) is 0 Å². The molecule has 0 saturated carbocycles. The molecule has 0 aromatic heterocycles. The Hall–Kier alpha value is -3.85. The Morgan fingerprint density at radius 3 is 2.31 bits per heavy atom. The number of nitrogens with zero attached hydrogens (tertiary/aromatic N) is 2. The maximum atomic E-state index is 13.5. The lowest BCUT2D eigenvalue weighted by Crippen LogP contribution is -2.39. The van der Waals surface area contributed by atoms with E-state index in [-0.39, 0.29) is 4.90 Å². The molecule has 8 nitrogen and oxygen atoms in total. The molecule has 9 heteroatoms. The molecule has 35 heavy (non-hydrogen) atoms. The number of methoxy groups -OCH3 is 1. The highest BCUT2D eigenvalue weighted by atomic mass is 32.2. The van der Waals surface area contributed by atoms with Crippen LogP contribution in [0.5, 0.6) is 11.5 Å². The second kappa shape index (κ2) is 11.5. The van der Waals surface area contributed by atoms with E-state index in [1.54, 1.807) is 43.3 Å². The number of nitrogens with one attached hydrogen (secondary N) is 1. The molecule has 1 amide bonds. The van der Waals surface area contributed by atoms with Gasteiger partial charge in [-0.25, -0.2) is 13.8 Å². The molecule has 0 heterocycles. The summed E-state index contributed by atoms with van der Waals surface area (Å²) in [6.45, 7) is 5.62. The van der Waals surface area contributed by atoms with Gasteiger partial charge in [-0.05, 0) is 74.9 Å². The highest BCUT2D eigenvalue weighted by Gasteiger charge is 2.27. The van der Waals surface area contributed by atoms with E-state index in [4.69, 9.17) is 9.47 Å². The summed E-state index contributed by atoms with van der Waals surface area (Å²) in [5.74, 6) is 0.619. The zero-order valence-electron chi connectivity index (χ0n) is 20.2. The van der Waals surface area contributed by atoms with Crippen LogP contribution in [0.25, 0.3) is 0 Å². The van der Waals surface area contributed by atoms with Gasteiger partial charge in [0, 0.05) is 6.07 Å². The minimum atomic E-state index is -4.04. The first kappa shape index (κ1) is 25.8. The highest BCUT2D eigenvalue weighted by molar-refractivity contribution is 7.92. The van der Waals surface area contributed by atoms with E-state index in [9.17, 15) is 13.2 Å². The zero-order chi connectivity index (χ0) is 25.4. The fraction of sp³-hybridized carbons (Fsp3) is 0.231. The molecule has 3 rings (SSSR count). The second-order valence-electron chi connectivity index (χ2n) is 7.72. The van der Waals surface area contributed by atoms with Crippen LogP contribution in [0.4, 0.5) is 5.69 Å². The van der Waals surface area contributed by atoms with Crippen LogP contribution in [0.1, 0.15) is 25.0 Å². The summed E-state index contributed by atoms with van der Waals surface area (Å²) in [7, 11) is -2.55. The number of anilines is 1. The summed E-state index contributed by atoms with van der Waals surface area (Å²) in [5, 5.41) is 4.15. The fourth-order valence-electron chi connectivity index (χ4n) is 3.25. The number of hydrogen-bond donors (Lipinski definition) is 1. The quantitative estimate of drug-likeness (QED) is 0.337. The number of benzene rings is 3. The molecule has 0 radical (unpaired) electrons. The Kier molecular flexibility index (Phi) is 8.48. The Balaban J connectivity index is 1.84. The molecule has 1 N–H and O–H groups in total. The van der Waals surface area contributed by atoms with Gasteiger partial charge >= 0.3 is 0 Å². The van der Waals surface area contributed by atoms with E-state index in [2.05, 4.69) is 10.5 Å². The predicted octanol–water partition coefficient (Wildman–Crippen LogP) is 4.14. The first-order valence-corrected chi connectivity index (χ1v) is 12.5. The van der Waals surface area contributed by atoms with Crippen molar-refractivity contribution in [3.05, 3.63) is 83.9 Å². The molecule has 0 aliphatic carbocycles. The summed E-state index contributed by atoms with van der Waals surface area (Å²) in [4.78, 5) is 12.9. The number of carbonyl (C=O) groups excluding carboxylic acids is 1. The lowest BCUT2D eigenvalue weighted by atomic mass is 10.1. The van der Waals surface area contributed by atoms with Crippen molar-refractivity contribution in [3.8, 4) is 11.5 Å². The molecule has 0 fully saturated rings.